The van der Waals surface area contributed by atoms with Gasteiger partial charge in [0.05, 0.1) is 7.11 Å². The van der Waals surface area contributed by atoms with Crippen LogP contribution in [0.1, 0.15) is 13.8 Å². The molecule has 0 aromatic rings. The Morgan fingerprint density at radius 2 is 1.88 bits per heavy atom. The molecule has 1 aliphatic rings. The van der Waals surface area contributed by atoms with Gasteiger partial charge < -0.3 is 4.74 Å². The van der Waals surface area contributed by atoms with Crippen molar-refractivity contribution in [3.8, 4) is 0 Å². The van der Waals surface area contributed by atoms with Crippen molar-refractivity contribution in [2.24, 2.45) is 0 Å². The highest BCUT2D eigenvalue weighted by atomic mass is 79.9. The monoisotopic (exact) mass is 292 g/mol. The number of methoxy groups -OCH3 is 1. The zero-order valence-electron chi connectivity index (χ0n) is 10.3. The van der Waals surface area contributed by atoms with E-state index in [1.807, 2.05) is 0 Å². The van der Waals surface area contributed by atoms with Crippen LogP contribution >= 0.6 is 15.9 Å². The molecule has 0 radical (unpaired) electrons. The lowest BCUT2D eigenvalue weighted by Gasteiger charge is -2.37. The minimum Gasteiger partial charge on any atom is -0.468 e. The molecule has 5 heteroatoms. The van der Waals surface area contributed by atoms with E-state index in [2.05, 4.69) is 44.3 Å². The Morgan fingerprint density at radius 1 is 1.31 bits per heavy atom. The van der Waals surface area contributed by atoms with E-state index in [-0.39, 0.29) is 10.8 Å². The maximum atomic E-state index is 11.3. The molecule has 0 bridgehead atoms. The summed E-state index contributed by atoms with van der Waals surface area (Å²) in [4.78, 5) is 15.8. The third kappa shape index (κ3) is 4.03. The maximum absolute atomic E-state index is 11.3. The quantitative estimate of drug-likeness (QED) is 0.571. The number of esters is 1. The molecule has 1 rings (SSSR count). The van der Waals surface area contributed by atoms with Gasteiger partial charge in [-0.15, -0.1) is 0 Å². The molecule has 1 saturated heterocycles. The van der Waals surface area contributed by atoms with Gasteiger partial charge in [-0.1, -0.05) is 15.9 Å². The van der Waals surface area contributed by atoms with E-state index in [1.54, 1.807) is 0 Å². The smallest absolute Gasteiger partial charge is 0.320 e. The van der Waals surface area contributed by atoms with Gasteiger partial charge in [-0.3, -0.25) is 14.6 Å². The van der Waals surface area contributed by atoms with Crippen molar-refractivity contribution < 1.29 is 9.53 Å². The molecule has 0 spiro atoms. The van der Waals surface area contributed by atoms with Gasteiger partial charge in [0, 0.05) is 38.8 Å². The maximum Gasteiger partial charge on any atom is 0.320 e. The summed E-state index contributed by atoms with van der Waals surface area (Å²) in [5.41, 5.74) is 0. The Labute approximate surface area is 106 Å². The molecular formula is C11H21BrN2O2. The summed E-state index contributed by atoms with van der Waals surface area (Å²) in [6.45, 7) is 9.39. The minimum atomic E-state index is -0.205. The Bertz CT molecular complexity index is 228. The number of rotatable bonds is 4. The summed E-state index contributed by atoms with van der Waals surface area (Å²) in [7, 11) is 1.42. The predicted molar refractivity (Wildman–Crippen MR) is 67.9 cm³/mol. The molecule has 0 saturated carbocycles. The van der Waals surface area contributed by atoms with Crippen LogP contribution in [0, 0.1) is 0 Å². The summed E-state index contributed by atoms with van der Waals surface area (Å²) < 4.78 is 4.69. The van der Waals surface area contributed by atoms with Gasteiger partial charge in [-0.2, -0.15) is 0 Å². The standard InChI is InChI=1S/C11H21BrN2O2/c1-9(2)14-6-4-13(5-7-14)8-10(12)11(15)16-3/h9-10H,4-8H2,1-3H3. The normalized spacial score (nSPS) is 21.1. The second-order valence-corrected chi connectivity index (χ2v) is 5.53. The van der Waals surface area contributed by atoms with Crippen LogP contribution in [0.3, 0.4) is 0 Å². The van der Waals surface area contributed by atoms with Crippen molar-refractivity contribution in [2.45, 2.75) is 24.7 Å². The molecule has 1 heterocycles. The number of piperazine rings is 1. The topological polar surface area (TPSA) is 32.8 Å². The molecule has 4 nitrogen and oxygen atoms in total. The van der Waals surface area contributed by atoms with Crippen molar-refractivity contribution >= 4 is 21.9 Å². The minimum absolute atomic E-state index is 0.189. The summed E-state index contributed by atoms with van der Waals surface area (Å²) >= 11 is 3.35. The molecule has 0 amide bonds. The van der Waals surface area contributed by atoms with Crippen molar-refractivity contribution in [3.05, 3.63) is 0 Å². The van der Waals surface area contributed by atoms with Gasteiger partial charge in [0.15, 0.2) is 0 Å². The Kier molecular flexibility index (Phi) is 5.72. The SMILES string of the molecule is COC(=O)C(Br)CN1CCN(C(C)C)CC1. The number of nitrogens with zero attached hydrogens (tertiary/aromatic N) is 2. The van der Waals surface area contributed by atoms with Gasteiger partial charge in [-0.05, 0) is 13.8 Å². The van der Waals surface area contributed by atoms with E-state index in [4.69, 9.17) is 0 Å². The van der Waals surface area contributed by atoms with E-state index in [1.165, 1.54) is 7.11 Å². The third-order valence-electron chi connectivity index (χ3n) is 3.01. The van der Waals surface area contributed by atoms with Crippen molar-refractivity contribution in [2.75, 3.05) is 39.8 Å². The first-order chi connectivity index (χ1) is 7.54. The first kappa shape index (κ1) is 13.9. The van der Waals surface area contributed by atoms with Gasteiger partial charge in [0.2, 0.25) is 0 Å². The van der Waals surface area contributed by atoms with Crippen molar-refractivity contribution in [1.29, 1.82) is 0 Å². The van der Waals surface area contributed by atoms with E-state index in [0.717, 1.165) is 32.7 Å². The number of alkyl halides is 1. The zero-order valence-corrected chi connectivity index (χ0v) is 11.9. The second kappa shape index (κ2) is 6.57. The lowest BCUT2D eigenvalue weighted by Crippen LogP contribution is -2.50. The molecule has 0 aliphatic carbocycles. The van der Waals surface area contributed by atoms with E-state index < -0.39 is 0 Å². The Morgan fingerprint density at radius 3 is 2.31 bits per heavy atom. The summed E-state index contributed by atoms with van der Waals surface area (Å²) in [5, 5.41) is 0. The lowest BCUT2D eigenvalue weighted by molar-refractivity contribution is -0.140. The van der Waals surface area contributed by atoms with E-state index in [0.29, 0.717) is 6.04 Å². The molecule has 1 unspecified atom stereocenters. The van der Waals surface area contributed by atoms with Crippen LogP contribution < -0.4 is 0 Å². The molecule has 0 aromatic carbocycles. The fraction of sp³-hybridized carbons (Fsp3) is 0.909. The van der Waals surface area contributed by atoms with Gasteiger partial charge in [-0.25, -0.2) is 0 Å². The molecule has 0 aromatic heterocycles. The van der Waals surface area contributed by atoms with Crippen LogP contribution in [-0.4, -0.2) is 66.5 Å². The largest absolute Gasteiger partial charge is 0.468 e. The average molecular weight is 293 g/mol. The van der Waals surface area contributed by atoms with Crippen molar-refractivity contribution in [1.82, 2.24) is 9.80 Å². The van der Waals surface area contributed by atoms with Crippen LogP contribution in [0.4, 0.5) is 0 Å². The molecule has 1 atom stereocenters. The Hall–Kier alpha value is -0.130. The highest BCUT2D eigenvalue weighted by Gasteiger charge is 2.23. The lowest BCUT2D eigenvalue weighted by atomic mass is 10.2. The fourth-order valence-electron chi connectivity index (χ4n) is 1.89. The summed E-state index contributed by atoms with van der Waals surface area (Å²) in [5.74, 6) is -0.189. The average Bonchev–Trinajstić information content (AvgIpc) is 2.28. The fourth-order valence-corrected chi connectivity index (χ4v) is 2.49. The van der Waals surface area contributed by atoms with Crippen LogP contribution in [0.15, 0.2) is 0 Å². The third-order valence-corrected chi connectivity index (χ3v) is 3.68. The van der Waals surface area contributed by atoms with Crippen LogP contribution in [0.2, 0.25) is 0 Å². The van der Waals surface area contributed by atoms with E-state index >= 15 is 0 Å². The number of carbonyl (C=O) groups excluding carboxylic acids is 1. The molecule has 1 aliphatic heterocycles. The first-order valence-corrected chi connectivity index (χ1v) is 6.64. The summed E-state index contributed by atoms with van der Waals surface area (Å²) in [6, 6.07) is 0.613. The molecule has 16 heavy (non-hydrogen) atoms. The number of hydrogen-bond acceptors (Lipinski definition) is 4. The van der Waals surface area contributed by atoms with E-state index in [9.17, 15) is 4.79 Å². The first-order valence-electron chi connectivity index (χ1n) is 5.73. The molecule has 0 N–H and O–H groups in total. The Balaban J connectivity index is 2.29. The van der Waals surface area contributed by atoms with Crippen LogP contribution in [-0.2, 0) is 9.53 Å². The number of halogens is 1. The molecular weight excluding hydrogens is 272 g/mol. The molecule has 94 valence electrons. The van der Waals surface area contributed by atoms with Gasteiger partial charge in [0.25, 0.3) is 0 Å². The summed E-state index contributed by atoms with van der Waals surface area (Å²) in [6.07, 6.45) is 0. The van der Waals surface area contributed by atoms with Crippen LogP contribution in [0.5, 0.6) is 0 Å². The molecule has 1 fully saturated rings. The second-order valence-electron chi connectivity index (χ2n) is 4.42. The van der Waals surface area contributed by atoms with Crippen LogP contribution in [0.25, 0.3) is 0 Å². The highest BCUT2D eigenvalue weighted by Crippen LogP contribution is 2.10. The number of ether oxygens (including phenoxy) is 1. The number of carbonyl (C=O) groups is 1. The van der Waals surface area contributed by atoms with Gasteiger partial charge in [0.1, 0.15) is 4.83 Å². The highest BCUT2D eigenvalue weighted by molar-refractivity contribution is 9.10. The number of hydrogen-bond donors (Lipinski definition) is 0. The predicted octanol–water partition coefficient (Wildman–Crippen LogP) is 0.949. The zero-order chi connectivity index (χ0) is 12.1. The van der Waals surface area contributed by atoms with Crippen molar-refractivity contribution in [3.63, 3.8) is 0 Å². The van der Waals surface area contributed by atoms with Gasteiger partial charge >= 0.3 is 5.97 Å².